The highest BCUT2D eigenvalue weighted by atomic mass is 16.7. The summed E-state index contributed by atoms with van der Waals surface area (Å²) in [6.45, 7) is 9.94. The molecule has 0 saturated carbocycles. The number of fused-ring (bicyclic) bond motifs is 2. The minimum Gasteiger partial charge on any atom is -0.399 e. The van der Waals surface area contributed by atoms with E-state index in [0.717, 1.165) is 34.9 Å². The van der Waals surface area contributed by atoms with Gasteiger partial charge in [0.05, 0.1) is 17.8 Å². The number of hydrogen-bond donors (Lipinski definition) is 1. The normalized spacial score (nSPS) is 17.1. The van der Waals surface area contributed by atoms with E-state index in [0.29, 0.717) is 0 Å². The monoisotopic (exact) mass is 467 g/mol. The van der Waals surface area contributed by atoms with Crippen LogP contribution in [0.3, 0.4) is 0 Å². The first-order valence-corrected chi connectivity index (χ1v) is 12.4. The molecule has 1 heterocycles. The fraction of sp³-hybridized carbons (Fsp3) is 0.333. The largest absolute Gasteiger partial charge is 0.495 e. The van der Waals surface area contributed by atoms with Gasteiger partial charge in [-0.05, 0) is 78.4 Å². The van der Waals surface area contributed by atoms with Crippen molar-refractivity contribution < 1.29 is 14.4 Å². The maximum Gasteiger partial charge on any atom is 0.495 e. The smallest absolute Gasteiger partial charge is 0.399 e. The van der Waals surface area contributed by atoms with E-state index >= 15 is 0 Å². The predicted octanol–water partition coefficient (Wildman–Crippen LogP) is 5.42. The van der Waals surface area contributed by atoms with Gasteiger partial charge in [-0.15, -0.1) is 0 Å². The Hall–Kier alpha value is -2.70. The van der Waals surface area contributed by atoms with Gasteiger partial charge in [0.2, 0.25) is 0 Å². The van der Waals surface area contributed by atoms with Gasteiger partial charge in [-0.1, -0.05) is 72.8 Å². The van der Waals surface area contributed by atoms with Crippen LogP contribution in [0.4, 0.5) is 0 Å². The number of benzene rings is 4. The van der Waals surface area contributed by atoms with E-state index in [2.05, 4.69) is 100 Å². The Morgan fingerprint density at radius 3 is 1.66 bits per heavy atom. The summed E-state index contributed by atoms with van der Waals surface area (Å²) in [6, 6.07) is 25.2. The molecule has 0 aliphatic carbocycles. The minimum atomic E-state index is -0.380. The third-order valence-corrected chi connectivity index (χ3v) is 7.74. The first-order valence-electron chi connectivity index (χ1n) is 12.4. The summed E-state index contributed by atoms with van der Waals surface area (Å²) in [5, 5.41) is 14.8. The lowest BCUT2D eigenvalue weighted by Gasteiger charge is -2.32. The van der Waals surface area contributed by atoms with Crippen LogP contribution >= 0.6 is 0 Å². The van der Waals surface area contributed by atoms with E-state index in [1.54, 1.807) is 0 Å². The summed E-state index contributed by atoms with van der Waals surface area (Å²) >= 11 is 0. The van der Waals surface area contributed by atoms with Crippen LogP contribution in [0.1, 0.15) is 44.4 Å². The summed E-state index contributed by atoms with van der Waals surface area (Å²) in [4.78, 5) is 2.34. The van der Waals surface area contributed by atoms with Gasteiger partial charge in [0.15, 0.2) is 0 Å². The van der Waals surface area contributed by atoms with Crippen molar-refractivity contribution in [1.29, 1.82) is 0 Å². The Morgan fingerprint density at radius 2 is 1.14 bits per heavy atom. The van der Waals surface area contributed by atoms with E-state index in [1.807, 2.05) is 12.1 Å². The topological polar surface area (TPSA) is 41.9 Å². The molecule has 35 heavy (non-hydrogen) atoms. The van der Waals surface area contributed by atoms with Gasteiger partial charge in [-0.25, -0.2) is 0 Å². The van der Waals surface area contributed by atoms with E-state index in [-0.39, 0.29) is 24.9 Å². The van der Waals surface area contributed by atoms with Gasteiger partial charge < -0.3 is 14.4 Å². The lowest BCUT2D eigenvalue weighted by atomic mass is 9.76. The van der Waals surface area contributed by atoms with Crippen molar-refractivity contribution in [2.75, 3.05) is 7.05 Å². The van der Waals surface area contributed by atoms with E-state index in [4.69, 9.17) is 9.31 Å². The Bertz CT molecular complexity index is 1310. The van der Waals surface area contributed by atoms with Gasteiger partial charge in [0.1, 0.15) is 0 Å². The van der Waals surface area contributed by atoms with Crippen molar-refractivity contribution in [2.24, 2.45) is 0 Å². The van der Waals surface area contributed by atoms with E-state index in [9.17, 15) is 5.11 Å². The Balaban J connectivity index is 1.49. The number of hydrogen-bond acceptors (Lipinski definition) is 4. The molecule has 5 rings (SSSR count). The number of aliphatic hydroxyl groups is 1. The van der Waals surface area contributed by atoms with Crippen LogP contribution in [0.25, 0.3) is 21.5 Å². The zero-order chi connectivity index (χ0) is 24.8. The molecule has 4 aromatic rings. The van der Waals surface area contributed by atoms with Gasteiger partial charge in [0.25, 0.3) is 0 Å². The van der Waals surface area contributed by atoms with Crippen LogP contribution in [0.2, 0.25) is 0 Å². The molecule has 180 valence electrons. The quantitative estimate of drug-likeness (QED) is 0.304. The molecular weight excluding hydrogens is 433 g/mol. The number of nitrogens with zero attached hydrogens (tertiary/aromatic N) is 1. The summed E-state index contributed by atoms with van der Waals surface area (Å²) < 4.78 is 12.7. The zero-order valence-electron chi connectivity index (χ0n) is 21.3. The van der Waals surface area contributed by atoms with E-state index in [1.165, 1.54) is 21.9 Å². The minimum absolute atomic E-state index is 0.0264. The molecule has 1 N–H and O–H groups in total. The van der Waals surface area contributed by atoms with Crippen molar-refractivity contribution in [3.63, 3.8) is 0 Å². The van der Waals surface area contributed by atoms with Crippen LogP contribution in [-0.4, -0.2) is 35.4 Å². The molecule has 0 unspecified atom stereocenters. The molecule has 1 aliphatic rings. The molecule has 1 fully saturated rings. The maximum atomic E-state index is 10.2. The SMILES string of the molecule is CN(Cc1ccccc1B1OC(C)(C)C(C)(C)O1)Cc1c2ccccc2c(CO)c2ccccc12. The van der Waals surface area contributed by atoms with Crippen LogP contribution in [-0.2, 0) is 29.0 Å². The Kier molecular flexibility index (Phi) is 6.22. The number of rotatable bonds is 6. The average molecular weight is 467 g/mol. The summed E-state index contributed by atoms with van der Waals surface area (Å²) in [5.74, 6) is 0. The third-order valence-electron chi connectivity index (χ3n) is 7.74. The molecule has 5 heteroatoms. The Morgan fingerprint density at radius 1 is 0.686 bits per heavy atom. The first-order chi connectivity index (χ1) is 16.7. The fourth-order valence-corrected chi connectivity index (χ4v) is 5.14. The van der Waals surface area contributed by atoms with Crippen LogP contribution in [0.15, 0.2) is 72.8 Å². The van der Waals surface area contributed by atoms with Crippen molar-refractivity contribution in [3.05, 3.63) is 89.5 Å². The third kappa shape index (κ3) is 4.27. The molecule has 0 atom stereocenters. The van der Waals surface area contributed by atoms with Crippen molar-refractivity contribution in [3.8, 4) is 0 Å². The second-order valence-electron chi connectivity index (χ2n) is 10.7. The second-order valence-corrected chi connectivity index (χ2v) is 10.7. The highest BCUT2D eigenvalue weighted by molar-refractivity contribution is 6.62. The molecule has 0 spiro atoms. The molecule has 1 saturated heterocycles. The summed E-state index contributed by atoms with van der Waals surface area (Å²) in [5.41, 5.74) is 3.82. The van der Waals surface area contributed by atoms with Crippen molar-refractivity contribution >= 4 is 34.1 Å². The molecule has 4 nitrogen and oxygen atoms in total. The Labute approximate surface area is 208 Å². The molecule has 0 aromatic heterocycles. The summed E-state index contributed by atoms with van der Waals surface area (Å²) in [6.07, 6.45) is 0. The average Bonchev–Trinajstić information content (AvgIpc) is 3.06. The fourth-order valence-electron chi connectivity index (χ4n) is 5.14. The standard InChI is InChI=1S/C30H34BNO3/c1-29(2)30(3,4)35-31(34-29)28-17-11-6-12-21(28)18-32(5)19-26-22-13-7-9-15-24(22)27(20-33)25-16-10-8-14-23(25)26/h6-17,33H,18-20H2,1-5H3. The molecule has 4 aromatic carbocycles. The zero-order valence-corrected chi connectivity index (χ0v) is 21.3. The molecule has 0 amide bonds. The van der Waals surface area contributed by atoms with Gasteiger partial charge in [-0.3, -0.25) is 4.90 Å². The lowest BCUT2D eigenvalue weighted by molar-refractivity contribution is 0.00578. The van der Waals surface area contributed by atoms with Crippen LogP contribution in [0, 0.1) is 0 Å². The van der Waals surface area contributed by atoms with E-state index < -0.39 is 0 Å². The lowest BCUT2D eigenvalue weighted by Crippen LogP contribution is -2.41. The molecule has 0 bridgehead atoms. The van der Waals surface area contributed by atoms with Crippen LogP contribution in [0.5, 0.6) is 0 Å². The summed E-state index contributed by atoms with van der Waals surface area (Å²) in [7, 11) is 1.78. The molecule has 1 aliphatic heterocycles. The first kappa shape index (κ1) is 24.0. The molecule has 0 radical (unpaired) electrons. The molecular formula is C30H34BNO3. The predicted molar refractivity (Wildman–Crippen MR) is 145 cm³/mol. The number of aliphatic hydroxyl groups excluding tert-OH is 1. The van der Waals surface area contributed by atoms with Crippen molar-refractivity contribution in [1.82, 2.24) is 4.90 Å². The highest BCUT2D eigenvalue weighted by Crippen LogP contribution is 2.37. The van der Waals surface area contributed by atoms with Gasteiger partial charge >= 0.3 is 7.12 Å². The van der Waals surface area contributed by atoms with Gasteiger partial charge in [0, 0.05) is 13.1 Å². The van der Waals surface area contributed by atoms with Gasteiger partial charge in [-0.2, -0.15) is 0 Å². The highest BCUT2D eigenvalue weighted by Gasteiger charge is 2.52. The van der Waals surface area contributed by atoms with Crippen LogP contribution < -0.4 is 5.46 Å². The maximum absolute atomic E-state index is 10.2. The second kappa shape index (κ2) is 9.07. The van der Waals surface area contributed by atoms with Crippen molar-refractivity contribution in [2.45, 2.75) is 58.6 Å².